The van der Waals surface area contributed by atoms with Gasteiger partial charge in [0, 0.05) is 6.20 Å². The molecule has 0 fully saturated rings. The van der Waals surface area contributed by atoms with Crippen molar-refractivity contribution in [3.63, 3.8) is 0 Å². The molecule has 2 aromatic rings. The fraction of sp³-hybridized carbons (Fsp3) is 0.214. The molecular weight excluding hydrogens is 228 g/mol. The molecule has 0 saturated heterocycles. The molecule has 0 bridgehead atoms. The number of nitrogen functional groups attached to an aromatic ring is 1. The van der Waals surface area contributed by atoms with Gasteiger partial charge < -0.3 is 15.2 Å². The number of nitrogens with two attached hydrogens (primary N) is 1. The van der Waals surface area contributed by atoms with Crippen LogP contribution in [-0.4, -0.2) is 12.1 Å². The van der Waals surface area contributed by atoms with Crippen molar-refractivity contribution in [1.82, 2.24) is 4.98 Å². The number of pyridine rings is 1. The summed E-state index contributed by atoms with van der Waals surface area (Å²) in [5, 5.41) is 0. The Morgan fingerprint density at radius 2 is 2.00 bits per heavy atom. The first-order chi connectivity index (χ1) is 8.74. The molecule has 2 N–H and O–H groups in total. The average molecular weight is 244 g/mol. The van der Waals surface area contributed by atoms with Gasteiger partial charge in [-0.05, 0) is 36.2 Å². The summed E-state index contributed by atoms with van der Waals surface area (Å²) in [6.45, 7) is 2.09. The monoisotopic (exact) mass is 244 g/mol. The topological polar surface area (TPSA) is 57.4 Å². The van der Waals surface area contributed by atoms with E-state index >= 15 is 0 Å². The number of benzene rings is 1. The van der Waals surface area contributed by atoms with Crippen molar-refractivity contribution >= 4 is 5.82 Å². The van der Waals surface area contributed by atoms with E-state index in [2.05, 4.69) is 11.9 Å². The summed E-state index contributed by atoms with van der Waals surface area (Å²) in [6.07, 6.45) is 2.57. The summed E-state index contributed by atoms with van der Waals surface area (Å²) >= 11 is 0. The standard InChI is InChI=1S/C14H16N2O2/c1-3-10-6-7-11(13(9-10)17-2)18-12-5-4-8-16-14(12)15/h4-9H,3H2,1-2H3,(H2,15,16). The normalized spacial score (nSPS) is 10.1. The van der Waals surface area contributed by atoms with Crippen molar-refractivity contribution in [1.29, 1.82) is 0 Å². The quantitative estimate of drug-likeness (QED) is 0.898. The van der Waals surface area contributed by atoms with Crippen molar-refractivity contribution in [3.8, 4) is 17.2 Å². The van der Waals surface area contributed by atoms with E-state index in [4.69, 9.17) is 15.2 Å². The maximum atomic E-state index is 5.74. The molecule has 1 aromatic heterocycles. The Labute approximate surface area is 106 Å². The maximum absolute atomic E-state index is 5.74. The SMILES string of the molecule is CCc1ccc(Oc2cccnc2N)c(OC)c1. The van der Waals surface area contributed by atoms with E-state index in [0.29, 0.717) is 23.1 Å². The lowest BCUT2D eigenvalue weighted by Crippen LogP contribution is -1.96. The molecule has 1 heterocycles. The summed E-state index contributed by atoms with van der Waals surface area (Å²) in [5.74, 6) is 2.21. The predicted molar refractivity (Wildman–Crippen MR) is 71.1 cm³/mol. The minimum Gasteiger partial charge on any atom is -0.493 e. The highest BCUT2D eigenvalue weighted by Crippen LogP contribution is 2.33. The number of ether oxygens (including phenoxy) is 2. The number of anilines is 1. The number of nitrogens with zero attached hydrogens (tertiary/aromatic N) is 1. The summed E-state index contributed by atoms with van der Waals surface area (Å²) in [6, 6.07) is 9.39. The molecule has 0 atom stereocenters. The van der Waals surface area contributed by atoms with E-state index in [1.165, 1.54) is 5.56 Å². The molecule has 0 unspecified atom stereocenters. The Kier molecular flexibility index (Phi) is 3.67. The van der Waals surface area contributed by atoms with Crippen molar-refractivity contribution in [2.45, 2.75) is 13.3 Å². The molecule has 0 radical (unpaired) electrons. The van der Waals surface area contributed by atoms with Gasteiger partial charge in [0.1, 0.15) is 0 Å². The lowest BCUT2D eigenvalue weighted by atomic mass is 10.1. The fourth-order valence-electron chi connectivity index (χ4n) is 1.62. The Morgan fingerprint density at radius 3 is 2.67 bits per heavy atom. The molecule has 2 rings (SSSR count). The molecule has 0 saturated carbocycles. The van der Waals surface area contributed by atoms with Gasteiger partial charge in [-0.2, -0.15) is 0 Å². The van der Waals surface area contributed by atoms with Crippen LogP contribution in [0.2, 0.25) is 0 Å². The van der Waals surface area contributed by atoms with Gasteiger partial charge in [-0.3, -0.25) is 0 Å². The third-order valence-corrected chi connectivity index (χ3v) is 2.66. The summed E-state index contributed by atoms with van der Waals surface area (Å²) in [5.41, 5.74) is 6.93. The molecule has 0 amide bonds. The van der Waals surface area contributed by atoms with Gasteiger partial charge in [-0.1, -0.05) is 13.0 Å². The van der Waals surface area contributed by atoms with Crippen molar-refractivity contribution in [2.24, 2.45) is 0 Å². The van der Waals surface area contributed by atoms with Crippen LogP contribution in [0.3, 0.4) is 0 Å². The number of aryl methyl sites for hydroxylation is 1. The van der Waals surface area contributed by atoms with Crippen molar-refractivity contribution < 1.29 is 9.47 Å². The summed E-state index contributed by atoms with van der Waals surface area (Å²) < 4.78 is 11.0. The van der Waals surface area contributed by atoms with Gasteiger partial charge in [0.05, 0.1) is 7.11 Å². The molecule has 94 valence electrons. The van der Waals surface area contributed by atoms with E-state index in [0.717, 1.165) is 6.42 Å². The van der Waals surface area contributed by atoms with Gasteiger partial charge >= 0.3 is 0 Å². The predicted octanol–water partition coefficient (Wildman–Crippen LogP) is 3.03. The Bertz CT molecular complexity index is 541. The molecule has 18 heavy (non-hydrogen) atoms. The number of rotatable bonds is 4. The van der Waals surface area contributed by atoms with Crippen LogP contribution in [0.15, 0.2) is 36.5 Å². The molecule has 0 spiro atoms. The van der Waals surface area contributed by atoms with E-state index < -0.39 is 0 Å². The Hall–Kier alpha value is -2.23. The minimum atomic E-state index is 0.360. The first-order valence-electron chi connectivity index (χ1n) is 5.80. The molecule has 1 aromatic carbocycles. The van der Waals surface area contributed by atoms with Gasteiger partial charge in [0.2, 0.25) is 0 Å². The second-order valence-corrected chi connectivity index (χ2v) is 3.83. The first kappa shape index (κ1) is 12.2. The number of methoxy groups -OCH3 is 1. The average Bonchev–Trinajstić information content (AvgIpc) is 2.41. The zero-order valence-corrected chi connectivity index (χ0v) is 10.5. The lowest BCUT2D eigenvalue weighted by molar-refractivity contribution is 0.378. The molecule has 4 nitrogen and oxygen atoms in total. The second-order valence-electron chi connectivity index (χ2n) is 3.83. The van der Waals surface area contributed by atoms with Crippen LogP contribution < -0.4 is 15.2 Å². The fourth-order valence-corrected chi connectivity index (χ4v) is 1.62. The zero-order valence-electron chi connectivity index (χ0n) is 10.5. The van der Waals surface area contributed by atoms with Crippen molar-refractivity contribution in [2.75, 3.05) is 12.8 Å². The van der Waals surface area contributed by atoms with Crippen LogP contribution >= 0.6 is 0 Å². The van der Waals surface area contributed by atoms with Crippen LogP contribution in [0.1, 0.15) is 12.5 Å². The highest BCUT2D eigenvalue weighted by Gasteiger charge is 2.08. The second kappa shape index (κ2) is 5.40. The van der Waals surface area contributed by atoms with E-state index in [9.17, 15) is 0 Å². The number of hydrogen-bond donors (Lipinski definition) is 1. The highest BCUT2D eigenvalue weighted by molar-refractivity contribution is 5.51. The van der Waals surface area contributed by atoms with Crippen LogP contribution in [0.4, 0.5) is 5.82 Å². The van der Waals surface area contributed by atoms with Crippen LogP contribution in [0.5, 0.6) is 17.2 Å². The van der Waals surface area contributed by atoms with Gasteiger partial charge in [0.25, 0.3) is 0 Å². The van der Waals surface area contributed by atoms with Gasteiger partial charge in [-0.25, -0.2) is 4.98 Å². The third kappa shape index (κ3) is 2.53. The summed E-state index contributed by atoms with van der Waals surface area (Å²) in [7, 11) is 1.62. The molecule has 0 aliphatic carbocycles. The third-order valence-electron chi connectivity index (χ3n) is 2.66. The maximum Gasteiger partial charge on any atom is 0.169 e. The molecular formula is C14H16N2O2. The smallest absolute Gasteiger partial charge is 0.169 e. The molecule has 0 aliphatic heterocycles. The minimum absolute atomic E-state index is 0.360. The van der Waals surface area contributed by atoms with E-state index in [1.807, 2.05) is 18.2 Å². The zero-order chi connectivity index (χ0) is 13.0. The Balaban J connectivity index is 2.32. The van der Waals surface area contributed by atoms with Gasteiger partial charge in [-0.15, -0.1) is 0 Å². The van der Waals surface area contributed by atoms with Crippen LogP contribution in [-0.2, 0) is 6.42 Å². The van der Waals surface area contributed by atoms with Gasteiger partial charge in [0.15, 0.2) is 23.1 Å². The number of aromatic nitrogens is 1. The van der Waals surface area contributed by atoms with Crippen molar-refractivity contribution in [3.05, 3.63) is 42.1 Å². The van der Waals surface area contributed by atoms with E-state index in [-0.39, 0.29) is 0 Å². The Morgan fingerprint density at radius 1 is 1.17 bits per heavy atom. The van der Waals surface area contributed by atoms with Crippen LogP contribution in [0.25, 0.3) is 0 Å². The summed E-state index contributed by atoms with van der Waals surface area (Å²) in [4.78, 5) is 3.98. The largest absolute Gasteiger partial charge is 0.493 e. The molecule has 4 heteroatoms. The lowest BCUT2D eigenvalue weighted by Gasteiger charge is -2.12. The highest BCUT2D eigenvalue weighted by atomic mass is 16.5. The van der Waals surface area contributed by atoms with Crippen LogP contribution in [0, 0.1) is 0 Å². The number of hydrogen-bond acceptors (Lipinski definition) is 4. The molecule has 0 aliphatic rings. The van der Waals surface area contributed by atoms with E-state index in [1.54, 1.807) is 25.4 Å². The first-order valence-corrected chi connectivity index (χ1v) is 5.80.